The normalized spacial score (nSPS) is 11.6. The third-order valence-electron chi connectivity index (χ3n) is 4.37. The molecule has 0 aromatic heterocycles. The number of carbonyl (C=O) groups excluding carboxylic acids is 1. The van der Waals surface area contributed by atoms with E-state index in [0.717, 1.165) is 44.9 Å². The highest BCUT2D eigenvalue weighted by Gasteiger charge is 2.13. The largest absolute Gasteiger partial charge is 0.493 e. The zero-order chi connectivity index (χ0) is 19.9. The van der Waals surface area contributed by atoms with Crippen LogP contribution < -0.4 is 4.74 Å². The number of esters is 1. The van der Waals surface area contributed by atoms with Gasteiger partial charge in [-0.2, -0.15) is 0 Å². The van der Waals surface area contributed by atoms with Crippen LogP contribution in [-0.2, 0) is 9.53 Å². The van der Waals surface area contributed by atoms with Crippen molar-refractivity contribution in [1.82, 2.24) is 0 Å². The maximum atomic E-state index is 11.5. The fraction of sp³-hybridized carbons (Fsp3) is 0.545. The average Bonchev–Trinajstić information content (AvgIpc) is 2.67. The van der Waals surface area contributed by atoms with Crippen molar-refractivity contribution in [2.24, 2.45) is 0 Å². The van der Waals surface area contributed by atoms with E-state index in [4.69, 9.17) is 14.6 Å². The minimum atomic E-state index is -0.986. The summed E-state index contributed by atoms with van der Waals surface area (Å²) in [6.07, 6.45) is 10.2. The van der Waals surface area contributed by atoms with Crippen molar-refractivity contribution in [3.8, 4) is 5.75 Å². The summed E-state index contributed by atoms with van der Waals surface area (Å²) in [6.45, 7) is 6.10. The summed E-state index contributed by atoms with van der Waals surface area (Å²) in [6, 6.07) is 6.65. The first-order valence-corrected chi connectivity index (χ1v) is 9.86. The van der Waals surface area contributed by atoms with Crippen LogP contribution >= 0.6 is 0 Å². The molecule has 0 aliphatic heterocycles. The monoisotopic (exact) mass is 376 g/mol. The lowest BCUT2D eigenvalue weighted by molar-refractivity contribution is -0.143. The SMILES string of the molecule is C=CC(=O)OC(CCCCCC)CCCCCOc1ccccc1C(=O)O. The molecule has 1 atom stereocenters. The zero-order valence-corrected chi connectivity index (χ0v) is 16.3. The van der Waals surface area contributed by atoms with E-state index in [2.05, 4.69) is 13.5 Å². The smallest absolute Gasteiger partial charge is 0.339 e. The zero-order valence-electron chi connectivity index (χ0n) is 16.3. The lowest BCUT2D eigenvalue weighted by Gasteiger charge is -2.17. The van der Waals surface area contributed by atoms with Gasteiger partial charge in [-0.15, -0.1) is 0 Å². The van der Waals surface area contributed by atoms with E-state index in [-0.39, 0.29) is 17.6 Å². The van der Waals surface area contributed by atoms with E-state index in [9.17, 15) is 9.59 Å². The summed E-state index contributed by atoms with van der Waals surface area (Å²) in [4.78, 5) is 22.6. The molecule has 5 heteroatoms. The summed E-state index contributed by atoms with van der Waals surface area (Å²) in [7, 11) is 0. The second-order valence-electron chi connectivity index (χ2n) is 6.61. The molecule has 0 aliphatic carbocycles. The summed E-state index contributed by atoms with van der Waals surface area (Å²) in [5, 5.41) is 9.14. The van der Waals surface area contributed by atoms with E-state index in [1.807, 2.05) is 0 Å². The van der Waals surface area contributed by atoms with Gasteiger partial charge in [-0.3, -0.25) is 0 Å². The van der Waals surface area contributed by atoms with Crippen LogP contribution in [0, 0.1) is 0 Å². The Balaban J connectivity index is 2.29. The van der Waals surface area contributed by atoms with Crippen LogP contribution in [0.15, 0.2) is 36.9 Å². The highest BCUT2D eigenvalue weighted by Crippen LogP contribution is 2.19. The lowest BCUT2D eigenvalue weighted by Crippen LogP contribution is -2.17. The molecule has 0 heterocycles. The van der Waals surface area contributed by atoms with Gasteiger partial charge in [0, 0.05) is 6.08 Å². The summed E-state index contributed by atoms with van der Waals surface area (Å²) < 4.78 is 11.0. The van der Waals surface area contributed by atoms with Gasteiger partial charge in [-0.1, -0.05) is 44.9 Å². The number of aromatic carboxylic acids is 1. The minimum Gasteiger partial charge on any atom is -0.493 e. The van der Waals surface area contributed by atoms with Crippen molar-refractivity contribution in [2.75, 3.05) is 6.61 Å². The lowest BCUT2D eigenvalue weighted by atomic mass is 10.0. The van der Waals surface area contributed by atoms with Crippen LogP contribution in [0.2, 0.25) is 0 Å². The van der Waals surface area contributed by atoms with E-state index in [0.29, 0.717) is 12.4 Å². The van der Waals surface area contributed by atoms with Crippen molar-refractivity contribution >= 4 is 11.9 Å². The molecule has 0 saturated carbocycles. The highest BCUT2D eigenvalue weighted by molar-refractivity contribution is 5.90. The molecule has 0 spiro atoms. The Labute approximate surface area is 162 Å². The van der Waals surface area contributed by atoms with Gasteiger partial charge in [0.1, 0.15) is 17.4 Å². The number of hydrogen-bond acceptors (Lipinski definition) is 4. The molecule has 1 N–H and O–H groups in total. The van der Waals surface area contributed by atoms with Crippen LogP contribution in [0.4, 0.5) is 0 Å². The molecule has 0 aliphatic rings. The molecule has 1 rings (SSSR count). The molecule has 150 valence electrons. The van der Waals surface area contributed by atoms with Gasteiger partial charge >= 0.3 is 11.9 Å². The van der Waals surface area contributed by atoms with Gasteiger partial charge in [0.25, 0.3) is 0 Å². The number of ether oxygens (including phenoxy) is 2. The van der Waals surface area contributed by atoms with Crippen LogP contribution in [0.5, 0.6) is 5.75 Å². The maximum Gasteiger partial charge on any atom is 0.339 e. The van der Waals surface area contributed by atoms with Crippen molar-refractivity contribution in [3.63, 3.8) is 0 Å². The number of hydrogen-bond donors (Lipinski definition) is 1. The molecular weight excluding hydrogens is 344 g/mol. The molecule has 1 aromatic carbocycles. The van der Waals surface area contributed by atoms with E-state index < -0.39 is 5.97 Å². The first kappa shape index (κ1) is 22.7. The second-order valence-corrected chi connectivity index (χ2v) is 6.61. The minimum absolute atomic E-state index is 0.0546. The van der Waals surface area contributed by atoms with E-state index in [1.165, 1.54) is 25.0 Å². The quantitative estimate of drug-likeness (QED) is 0.252. The molecule has 0 fully saturated rings. The molecule has 0 radical (unpaired) electrons. The fourth-order valence-electron chi connectivity index (χ4n) is 2.88. The van der Waals surface area contributed by atoms with Crippen molar-refractivity contribution in [1.29, 1.82) is 0 Å². The first-order chi connectivity index (χ1) is 13.1. The number of rotatable bonds is 15. The Morgan fingerprint density at radius 2 is 1.74 bits per heavy atom. The van der Waals surface area contributed by atoms with Crippen molar-refractivity contribution in [2.45, 2.75) is 70.8 Å². The molecule has 5 nitrogen and oxygen atoms in total. The van der Waals surface area contributed by atoms with Crippen LogP contribution in [0.25, 0.3) is 0 Å². The maximum absolute atomic E-state index is 11.5. The fourth-order valence-corrected chi connectivity index (χ4v) is 2.88. The third kappa shape index (κ3) is 9.83. The standard InChI is InChI=1S/C22H32O5/c1-3-5-6-8-13-18(27-21(23)4-2)14-9-7-12-17-26-20-16-11-10-15-19(20)22(24)25/h4,10-11,15-16,18H,2-3,5-9,12-14,17H2,1H3,(H,24,25). The summed E-state index contributed by atoms with van der Waals surface area (Å²) in [5.74, 6) is -0.941. The highest BCUT2D eigenvalue weighted by atomic mass is 16.5. The number of carboxylic acid groups (broad SMARTS) is 1. The Hall–Kier alpha value is -2.30. The molecule has 0 amide bonds. The number of unbranched alkanes of at least 4 members (excludes halogenated alkanes) is 5. The van der Waals surface area contributed by atoms with E-state index in [1.54, 1.807) is 18.2 Å². The molecule has 27 heavy (non-hydrogen) atoms. The van der Waals surface area contributed by atoms with Gasteiger partial charge < -0.3 is 14.6 Å². The van der Waals surface area contributed by atoms with Gasteiger partial charge in [0.05, 0.1) is 6.61 Å². The van der Waals surface area contributed by atoms with Crippen molar-refractivity contribution < 1.29 is 24.2 Å². The Morgan fingerprint density at radius 3 is 2.37 bits per heavy atom. The van der Waals surface area contributed by atoms with Gasteiger partial charge in [0.2, 0.25) is 0 Å². The van der Waals surface area contributed by atoms with Crippen LogP contribution in [-0.4, -0.2) is 29.8 Å². The number of benzene rings is 1. The Morgan fingerprint density at radius 1 is 1.07 bits per heavy atom. The van der Waals surface area contributed by atoms with Crippen LogP contribution in [0.1, 0.15) is 75.1 Å². The van der Waals surface area contributed by atoms with Gasteiger partial charge in [-0.05, 0) is 50.7 Å². The second kappa shape index (κ2) is 13.8. The summed E-state index contributed by atoms with van der Waals surface area (Å²) in [5.41, 5.74) is 0.181. The van der Waals surface area contributed by atoms with Gasteiger partial charge in [0.15, 0.2) is 0 Å². The molecule has 0 bridgehead atoms. The van der Waals surface area contributed by atoms with Gasteiger partial charge in [-0.25, -0.2) is 9.59 Å². The van der Waals surface area contributed by atoms with Crippen molar-refractivity contribution in [3.05, 3.63) is 42.5 Å². The molecule has 1 aromatic rings. The number of carbonyl (C=O) groups is 2. The third-order valence-corrected chi connectivity index (χ3v) is 4.37. The number of para-hydroxylation sites is 1. The summed E-state index contributed by atoms with van der Waals surface area (Å²) >= 11 is 0. The number of carboxylic acids is 1. The molecule has 0 saturated heterocycles. The Bertz CT molecular complexity index is 582. The first-order valence-electron chi connectivity index (χ1n) is 9.86. The Kier molecular flexibility index (Phi) is 11.7. The predicted molar refractivity (Wildman–Crippen MR) is 106 cm³/mol. The van der Waals surface area contributed by atoms with E-state index >= 15 is 0 Å². The van der Waals surface area contributed by atoms with Crippen LogP contribution in [0.3, 0.4) is 0 Å². The average molecular weight is 376 g/mol. The molecule has 1 unspecified atom stereocenters. The predicted octanol–water partition coefficient (Wildman–Crippen LogP) is 5.39. The topological polar surface area (TPSA) is 72.8 Å². The molecular formula is C22H32O5.